The molecule has 1 amide bonds. The van der Waals surface area contributed by atoms with E-state index in [1.165, 1.54) is 11.2 Å². The number of benzene rings is 2. The van der Waals surface area contributed by atoms with Crippen LogP contribution in [-0.4, -0.2) is 16.8 Å². The number of Topliss-reactive ketones (excluding diaryl/α,β-unsaturated/α-hetero) is 1. The first-order valence-electron chi connectivity index (χ1n) is 9.35. The van der Waals surface area contributed by atoms with Gasteiger partial charge in [-0.3, -0.25) is 14.5 Å². The van der Waals surface area contributed by atoms with Gasteiger partial charge in [0.05, 0.1) is 11.8 Å². The van der Waals surface area contributed by atoms with Crippen molar-refractivity contribution < 1.29 is 19.1 Å². The molecule has 0 radical (unpaired) electrons. The number of hydrogen-bond acceptors (Lipinski definition) is 5. The Morgan fingerprint density at radius 2 is 1.72 bits per heavy atom. The molecule has 29 heavy (non-hydrogen) atoms. The third kappa shape index (κ3) is 3.40. The summed E-state index contributed by atoms with van der Waals surface area (Å²) < 4.78 is 5.49. The quantitative estimate of drug-likeness (QED) is 0.627. The second-order valence-corrected chi connectivity index (χ2v) is 6.67. The molecule has 0 fully saturated rings. The molecule has 6 heteroatoms. The molecule has 2 aromatic carbocycles. The van der Waals surface area contributed by atoms with E-state index in [9.17, 15) is 14.7 Å². The van der Waals surface area contributed by atoms with Crippen molar-refractivity contribution in [2.75, 3.05) is 10.2 Å². The molecule has 2 N–H and O–H groups in total. The van der Waals surface area contributed by atoms with Crippen LogP contribution in [0.25, 0.3) is 0 Å². The van der Waals surface area contributed by atoms with Crippen molar-refractivity contribution in [2.24, 2.45) is 0 Å². The minimum atomic E-state index is -0.794. The van der Waals surface area contributed by atoms with Gasteiger partial charge in [-0.15, -0.1) is 0 Å². The zero-order valence-electron chi connectivity index (χ0n) is 15.8. The van der Waals surface area contributed by atoms with Crippen LogP contribution in [-0.2, 0) is 9.59 Å². The Hall–Kier alpha value is -3.80. The lowest BCUT2D eigenvalue weighted by molar-refractivity contribution is -0.118. The van der Waals surface area contributed by atoms with Gasteiger partial charge in [-0.2, -0.15) is 0 Å². The molecule has 1 unspecified atom stereocenters. The number of aliphatic hydroxyl groups is 1. The zero-order chi connectivity index (χ0) is 20.4. The van der Waals surface area contributed by atoms with Crippen LogP contribution in [0.2, 0.25) is 0 Å². The number of hydrogen-bond donors (Lipinski definition) is 2. The molecule has 0 bridgehead atoms. The van der Waals surface area contributed by atoms with Gasteiger partial charge in [0.2, 0.25) is 0 Å². The summed E-state index contributed by atoms with van der Waals surface area (Å²) in [6, 6.07) is 19.5. The maximum absolute atomic E-state index is 12.8. The molecule has 2 heterocycles. The van der Waals surface area contributed by atoms with E-state index in [0.717, 1.165) is 11.4 Å². The summed E-state index contributed by atoms with van der Waals surface area (Å²) in [5.41, 5.74) is 2.42. The summed E-state index contributed by atoms with van der Waals surface area (Å²) in [4.78, 5) is 26.7. The first kappa shape index (κ1) is 18.6. The summed E-state index contributed by atoms with van der Waals surface area (Å²) in [5.74, 6) is -1.01. The van der Waals surface area contributed by atoms with Crippen LogP contribution >= 0.6 is 0 Å². The second-order valence-electron chi connectivity index (χ2n) is 6.67. The smallest absolute Gasteiger partial charge is 0.294 e. The number of para-hydroxylation sites is 1. The number of anilines is 3. The number of rotatable bonds is 6. The van der Waals surface area contributed by atoms with Crippen molar-refractivity contribution in [1.29, 1.82) is 0 Å². The van der Waals surface area contributed by atoms with E-state index in [-0.39, 0.29) is 17.8 Å². The van der Waals surface area contributed by atoms with Gasteiger partial charge >= 0.3 is 0 Å². The highest BCUT2D eigenvalue weighted by Gasteiger charge is 2.45. The Kier molecular flexibility index (Phi) is 4.91. The maximum atomic E-state index is 12.8. The van der Waals surface area contributed by atoms with Gasteiger partial charge in [0.15, 0.2) is 11.5 Å². The van der Waals surface area contributed by atoms with Gasteiger partial charge in [-0.25, -0.2) is 0 Å². The normalized spacial score (nSPS) is 16.4. The highest BCUT2D eigenvalue weighted by atomic mass is 16.3. The molecule has 0 saturated carbocycles. The van der Waals surface area contributed by atoms with Gasteiger partial charge in [0, 0.05) is 23.5 Å². The maximum Gasteiger partial charge on any atom is 0.294 e. The lowest BCUT2D eigenvalue weighted by Crippen LogP contribution is -2.30. The SMILES string of the molecule is CCC(=O)C1=C(O)C(=O)N(c2ccc(Nc3ccccc3)cc2)C1c1ccco1. The number of nitrogens with one attached hydrogen (secondary N) is 1. The largest absolute Gasteiger partial charge is 0.503 e. The van der Waals surface area contributed by atoms with Crippen molar-refractivity contribution in [2.45, 2.75) is 19.4 Å². The molecule has 0 aliphatic carbocycles. The van der Waals surface area contributed by atoms with Crippen molar-refractivity contribution in [3.63, 3.8) is 0 Å². The summed E-state index contributed by atoms with van der Waals surface area (Å²) in [7, 11) is 0. The van der Waals surface area contributed by atoms with Gasteiger partial charge in [-0.1, -0.05) is 25.1 Å². The standard InChI is InChI=1S/C23H20N2O4/c1-2-18(26)20-21(19-9-6-14-29-19)25(23(28)22(20)27)17-12-10-16(11-13-17)24-15-7-4-3-5-8-15/h3-14,21,24,27H,2H2,1H3. The summed E-state index contributed by atoms with van der Waals surface area (Å²) in [5, 5.41) is 13.7. The number of carbonyl (C=O) groups is 2. The minimum Gasteiger partial charge on any atom is -0.503 e. The van der Waals surface area contributed by atoms with Crippen LogP contribution in [0.3, 0.4) is 0 Å². The molecule has 1 aliphatic heterocycles. The number of furan rings is 1. The predicted molar refractivity (Wildman–Crippen MR) is 110 cm³/mol. The van der Waals surface area contributed by atoms with Crippen LogP contribution in [0.15, 0.2) is 88.7 Å². The Labute approximate surface area is 168 Å². The van der Waals surface area contributed by atoms with E-state index in [1.54, 1.807) is 31.2 Å². The molecule has 146 valence electrons. The number of nitrogens with zero attached hydrogens (tertiary/aromatic N) is 1. The number of ketones is 1. The first-order chi connectivity index (χ1) is 14.1. The number of amides is 1. The van der Waals surface area contributed by atoms with E-state index < -0.39 is 17.7 Å². The molecule has 1 aromatic heterocycles. The topological polar surface area (TPSA) is 82.8 Å². The van der Waals surface area contributed by atoms with Crippen LogP contribution in [0.1, 0.15) is 25.1 Å². The van der Waals surface area contributed by atoms with E-state index >= 15 is 0 Å². The fourth-order valence-corrected chi connectivity index (χ4v) is 3.46. The Morgan fingerprint density at radius 3 is 2.34 bits per heavy atom. The van der Waals surface area contributed by atoms with E-state index in [1.807, 2.05) is 42.5 Å². The van der Waals surface area contributed by atoms with Crippen LogP contribution in [0.5, 0.6) is 0 Å². The van der Waals surface area contributed by atoms with Gasteiger partial charge in [0.1, 0.15) is 11.8 Å². The van der Waals surface area contributed by atoms with Gasteiger partial charge in [-0.05, 0) is 48.5 Å². The minimum absolute atomic E-state index is 0.0685. The molecule has 0 spiro atoms. The van der Waals surface area contributed by atoms with Crippen molar-refractivity contribution in [3.8, 4) is 0 Å². The van der Waals surface area contributed by atoms with E-state index in [2.05, 4.69) is 5.32 Å². The Bertz CT molecular complexity index is 1050. The fraction of sp³-hybridized carbons (Fsp3) is 0.130. The van der Waals surface area contributed by atoms with Crippen LogP contribution in [0, 0.1) is 0 Å². The highest BCUT2D eigenvalue weighted by Crippen LogP contribution is 2.41. The Balaban J connectivity index is 1.68. The third-order valence-corrected chi connectivity index (χ3v) is 4.85. The monoisotopic (exact) mass is 388 g/mol. The van der Waals surface area contributed by atoms with E-state index in [4.69, 9.17) is 4.42 Å². The van der Waals surface area contributed by atoms with Crippen LogP contribution < -0.4 is 10.2 Å². The van der Waals surface area contributed by atoms with Gasteiger partial charge < -0.3 is 14.8 Å². The molecule has 1 atom stereocenters. The molecular formula is C23H20N2O4. The molecule has 0 saturated heterocycles. The summed E-state index contributed by atoms with van der Waals surface area (Å²) >= 11 is 0. The molecule has 6 nitrogen and oxygen atoms in total. The van der Waals surface area contributed by atoms with Crippen molar-refractivity contribution in [1.82, 2.24) is 0 Å². The summed E-state index contributed by atoms with van der Waals surface area (Å²) in [6.45, 7) is 1.69. The fourth-order valence-electron chi connectivity index (χ4n) is 3.46. The number of carbonyl (C=O) groups excluding carboxylic acids is 2. The average molecular weight is 388 g/mol. The molecular weight excluding hydrogens is 368 g/mol. The number of aliphatic hydroxyl groups excluding tert-OH is 1. The lowest BCUT2D eigenvalue weighted by Gasteiger charge is -2.25. The van der Waals surface area contributed by atoms with E-state index in [0.29, 0.717) is 11.4 Å². The molecule has 4 rings (SSSR count). The van der Waals surface area contributed by atoms with Crippen LogP contribution in [0.4, 0.5) is 17.1 Å². The predicted octanol–water partition coefficient (Wildman–Crippen LogP) is 4.90. The zero-order valence-corrected chi connectivity index (χ0v) is 15.8. The van der Waals surface area contributed by atoms with Crippen molar-refractivity contribution >= 4 is 28.8 Å². The second kappa shape index (κ2) is 7.67. The molecule has 1 aliphatic rings. The van der Waals surface area contributed by atoms with Gasteiger partial charge in [0.25, 0.3) is 5.91 Å². The first-order valence-corrected chi connectivity index (χ1v) is 9.35. The Morgan fingerprint density at radius 1 is 1.03 bits per heavy atom. The highest BCUT2D eigenvalue weighted by molar-refractivity contribution is 6.16. The molecule has 3 aromatic rings. The average Bonchev–Trinajstić information content (AvgIpc) is 3.36. The van der Waals surface area contributed by atoms with Crippen molar-refractivity contribution in [3.05, 3.63) is 90.1 Å². The third-order valence-electron chi connectivity index (χ3n) is 4.85. The summed E-state index contributed by atoms with van der Waals surface area (Å²) in [6.07, 6.45) is 1.66. The lowest BCUT2D eigenvalue weighted by atomic mass is 9.99.